The molecule has 2 atom stereocenters. The number of carbonyl (C=O) groups is 2. The van der Waals surface area contributed by atoms with Crippen LogP contribution in [0.1, 0.15) is 149 Å². The Bertz CT molecular complexity index is 843. The maximum atomic E-state index is 12.7. The van der Waals surface area contributed by atoms with E-state index in [9.17, 15) is 19.7 Å². The third-order valence-corrected chi connectivity index (χ3v) is 7.61. The van der Waals surface area contributed by atoms with Crippen LogP contribution in [0.15, 0.2) is 24.3 Å². The van der Waals surface area contributed by atoms with E-state index in [-0.39, 0.29) is 36.0 Å². The zero-order valence-electron chi connectivity index (χ0n) is 26.6. The number of hydrogen-bond acceptors (Lipinski definition) is 7. The Morgan fingerprint density at radius 1 is 0.690 bits per heavy atom. The number of ether oxygens (including phenoxy) is 3. The molecule has 0 bridgehead atoms. The monoisotopic (exact) mass is 591 g/mol. The Morgan fingerprint density at radius 3 is 1.71 bits per heavy atom. The molecular weight excluding hydrogens is 534 g/mol. The molecule has 0 fully saturated rings. The molecule has 0 saturated carbocycles. The summed E-state index contributed by atoms with van der Waals surface area (Å²) < 4.78 is 17.0. The summed E-state index contributed by atoms with van der Waals surface area (Å²) in [5.41, 5.74) is -0.0802. The van der Waals surface area contributed by atoms with Crippen LogP contribution in [0.2, 0.25) is 0 Å². The molecule has 0 aliphatic carbocycles. The predicted octanol–water partition coefficient (Wildman–Crippen LogP) is 10.3. The van der Waals surface area contributed by atoms with Crippen molar-refractivity contribution in [1.82, 2.24) is 0 Å². The standard InChI is InChI=1S/C34H57NO7/c1-4-7-10-13-14-17-21-31(20-15-11-8-5-2)40-28-30(36)19-18-23-32(22-16-12-9-6-3)41-34(37)42-33-26-24-29(25-27-33)35(38)39/h24-27,31-32H,4-23,28H2,1-3H3. The number of nitro groups is 1. The molecule has 42 heavy (non-hydrogen) atoms. The Hall–Kier alpha value is -2.48. The maximum absolute atomic E-state index is 12.7. The van der Waals surface area contributed by atoms with Crippen LogP contribution in [-0.2, 0) is 14.3 Å². The number of non-ortho nitro benzene ring substituents is 1. The number of benzene rings is 1. The van der Waals surface area contributed by atoms with Crippen LogP contribution in [0.4, 0.5) is 10.5 Å². The van der Waals surface area contributed by atoms with E-state index in [1.807, 2.05) is 0 Å². The van der Waals surface area contributed by atoms with Crippen molar-refractivity contribution in [3.8, 4) is 5.75 Å². The Morgan fingerprint density at radius 2 is 1.17 bits per heavy atom. The summed E-state index contributed by atoms with van der Waals surface area (Å²) in [4.78, 5) is 35.4. The van der Waals surface area contributed by atoms with E-state index in [4.69, 9.17) is 14.2 Å². The van der Waals surface area contributed by atoms with Crippen molar-refractivity contribution in [2.75, 3.05) is 6.61 Å². The number of nitrogens with zero attached hydrogens (tertiary/aromatic N) is 1. The zero-order valence-corrected chi connectivity index (χ0v) is 26.6. The van der Waals surface area contributed by atoms with Gasteiger partial charge in [0.05, 0.1) is 11.0 Å². The first-order valence-corrected chi connectivity index (χ1v) is 16.7. The van der Waals surface area contributed by atoms with Crippen molar-refractivity contribution >= 4 is 17.6 Å². The number of carbonyl (C=O) groups excluding carboxylic acids is 2. The molecule has 1 rings (SSSR count). The summed E-state index contributed by atoms with van der Waals surface area (Å²) in [6.07, 6.45) is 19.9. The van der Waals surface area contributed by atoms with Crippen molar-refractivity contribution in [1.29, 1.82) is 0 Å². The minimum Gasteiger partial charge on any atom is -0.431 e. The normalized spacial score (nSPS) is 12.5. The number of rotatable bonds is 27. The molecule has 240 valence electrons. The lowest BCUT2D eigenvalue weighted by atomic mass is 10.0. The van der Waals surface area contributed by atoms with Gasteiger partial charge in [-0.2, -0.15) is 0 Å². The molecule has 0 amide bonds. The van der Waals surface area contributed by atoms with Gasteiger partial charge in [-0.05, 0) is 50.7 Å². The topological polar surface area (TPSA) is 105 Å². The fourth-order valence-electron chi connectivity index (χ4n) is 5.03. The third kappa shape index (κ3) is 19.6. The second-order valence-corrected chi connectivity index (χ2v) is 11.5. The second kappa shape index (κ2) is 25.1. The van der Waals surface area contributed by atoms with Crippen LogP contribution in [-0.4, -0.2) is 35.7 Å². The first kappa shape index (κ1) is 37.5. The zero-order chi connectivity index (χ0) is 30.8. The molecular formula is C34H57NO7. The van der Waals surface area contributed by atoms with Crippen LogP contribution in [0, 0.1) is 10.1 Å². The van der Waals surface area contributed by atoms with E-state index in [0.29, 0.717) is 25.7 Å². The molecule has 0 spiro atoms. The smallest absolute Gasteiger partial charge is 0.431 e. The van der Waals surface area contributed by atoms with E-state index in [1.54, 1.807) is 0 Å². The SMILES string of the molecule is CCCCCCCCC(CCCCCC)OCC(=O)CCCC(CCCCCC)OC(=O)Oc1ccc([N+](=O)[O-])cc1. The fraction of sp³-hybridized carbons (Fsp3) is 0.765. The Balaban J connectivity index is 2.50. The molecule has 0 aliphatic rings. The van der Waals surface area contributed by atoms with Crippen LogP contribution in [0.3, 0.4) is 0 Å². The maximum Gasteiger partial charge on any atom is 0.514 e. The number of nitro benzene ring substituents is 1. The first-order chi connectivity index (χ1) is 20.4. The lowest BCUT2D eigenvalue weighted by molar-refractivity contribution is -0.384. The van der Waals surface area contributed by atoms with Gasteiger partial charge in [0.15, 0.2) is 5.78 Å². The molecule has 0 N–H and O–H groups in total. The summed E-state index contributed by atoms with van der Waals surface area (Å²) in [7, 11) is 0. The molecule has 2 unspecified atom stereocenters. The van der Waals surface area contributed by atoms with Crippen molar-refractivity contribution in [2.24, 2.45) is 0 Å². The van der Waals surface area contributed by atoms with Gasteiger partial charge in [-0.1, -0.05) is 104 Å². The largest absolute Gasteiger partial charge is 0.514 e. The summed E-state index contributed by atoms with van der Waals surface area (Å²) >= 11 is 0. The van der Waals surface area contributed by atoms with Gasteiger partial charge in [-0.3, -0.25) is 14.9 Å². The van der Waals surface area contributed by atoms with E-state index < -0.39 is 11.1 Å². The van der Waals surface area contributed by atoms with Crippen LogP contribution >= 0.6 is 0 Å². The fourth-order valence-corrected chi connectivity index (χ4v) is 5.03. The Kier molecular flexibility index (Phi) is 22.4. The molecule has 1 aromatic carbocycles. The third-order valence-electron chi connectivity index (χ3n) is 7.61. The molecule has 8 nitrogen and oxygen atoms in total. The van der Waals surface area contributed by atoms with Crippen molar-refractivity contribution in [3.63, 3.8) is 0 Å². The van der Waals surface area contributed by atoms with Gasteiger partial charge in [0, 0.05) is 18.6 Å². The van der Waals surface area contributed by atoms with E-state index in [1.165, 1.54) is 75.6 Å². The highest BCUT2D eigenvalue weighted by Gasteiger charge is 2.18. The minimum atomic E-state index is -0.834. The summed E-state index contributed by atoms with van der Waals surface area (Å²) in [6.45, 7) is 6.74. The average molecular weight is 592 g/mol. The lowest BCUT2D eigenvalue weighted by Crippen LogP contribution is -2.22. The number of unbranched alkanes of at least 4 members (excludes halogenated alkanes) is 11. The molecule has 0 heterocycles. The summed E-state index contributed by atoms with van der Waals surface area (Å²) in [5.74, 6) is 0.280. The highest BCUT2D eigenvalue weighted by molar-refractivity contribution is 5.79. The molecule has 8 heteroatoms. The number of Topliss-reactive ketones (excluding diaryl/α,β-unsaturated/α-hetero) is 1. The lowest BCUT2D eigenvalue weighted by Gasteiger charge is -2.19. The second-order valence-electron chi connectivity index (χ2n) is 11.5. The van der Waals surface area contributed by atoms with Gasteiger partial charge >= 0.3 is 6.16 Å². The molecule has 0 aromatic heterocycles. The number of ketones is 1. The average Bonchev–Trinajstić information content (AvgIpc) is 2.97. The van der Waals surface area contributed by atoms with Gasteiger partial charge in [0.2, 0.25) is 0 Å². The minimum absolute atomic E-state index is 0.0802. The number of hydrogen-bond donors (Lipinski definition) is 0. The molecule has 1 aromatic rings. The van der Waals surface area contributed by atoms with Crippen LogP contribution < -0.4 is 4.74 Å². The van der Waals surface area contributed by atoms with Crippen LogP contribution in [0.25, 0.3) is 0 Å². The van der Waals surface area contributed by atoms with E-state index >= 15 is 0 Å². The van der Waals surface area contributed by atoms with Crippen LogP contribution in [0.5, 0.6) is 5.75 Å². The summed E-state index contributed by atoms with van der Waals surface area (Å²) in [6, 6.07) is 5.31. The van der Waals surface area contributed by atoms with Crippen molar-refractivity contribution in [2.45, 2.75) is 161 Å². The molecule has 0 saturated heterocycles. The van der Waals surface area contributed by atoms with Crippen molar-refractivity contribution in [3.05, 3.63) is 34.4 Å². The summed E-state index contributed by atoms with van der Waals surface area (Å²) in [5, 5.41) is 10.8. The predicted molar refractivity (Wildman–Crippen MR) is 168 cm³/mol. The molecule has 0 radical (unpaired) electrons. The van der Waals surface area contributed by atoms with Gasteiger partial charge in [-0.25, -0.2) is 4.79 Å². The highest BCUT2D eigenvalue weighted by Crippen LogP contribution is 2.21. The van der Waals surface area contributed by atoms with Gasteiger partial charge in [-0.15, -0.1) is 0 Å². The quantitative estimate of drug-likeness (QED) is 0.0329. The van der Waals surface area contributed by atoms with Gasteiger partial charge in [0.25, 0.3) is 5.69 Å². The van der Waals surface area contributed by atoms with Gasteiger partial charge in [0.1, 0.15) is 18.5 Å². The van der Waals surface area contributed by atoms with Gasteiger partial charge < -0.3 is 14.2 Å². The van der Waals surface area contributed by atoms with E-state index in [2.05, 4.69) is 20.8 Å². The first-order valence-electron chi connectivity index (χ1n) is 16.7. The highest BCUT2D eigenvalue weighted by atomic mass is 16.7. The van der Waals surface area contributed by atoms with E-state index in [0.717, 1.165) is 51.4 Å². The Labute approximate surface area is 254 Å². The van der Waals surface area contributed by atoms with Crippen molar-refractivity contribution < 1.29 is 28.7 Å². The molecule has 0 aliphatic heterocycles.